The third-order valence-corrected chi connectivity index (χ3v) is 3.97. The number of rotatable bonds is 0. The van der Waals surface area contributed by atoms with Crippen molar-refractivity contribution in [3.63, 3.8) is 0 Å². The highest BCUT2D eigenvalue weighted by atomic mass is 15.1. The maximum Gasteiger partial charge on any atom is 0.0522 e. The number of H-pyrrole nitrogens is 1. The Hall–Kier alpha value is -0.830. The highest BCUT2D eigenvalue weighted by Gasteiger charge is 2.40. The van der Waals surface area contributed by atoms with Gasteiger partial charge in [-0.05, 0) is 56.8 Å². The van der Waals surface area contributed by atoms with Crippen molar-refractivity contribution >= 4 is 0 Å². The summed E-state index contributed by atoms with van der Waals surface area (Å²) in [7, 11) is 2.22. The summed E-state index contributed by atoms with van der Waals surface area (Å²) < 4.78 is 0. The molecule has 0 saturated carbocycles. The number of hydrogen-bond donors (Lipinski definition) is 1. The lowest BCUT2D eigenvalue weighted by Gasteiger charge is -2.37. The highest BCUT2D eigenvalue weighted by Crippen LogP contribution is 2.43. The van der Waals surface area contributed by atoms with Crippen molar-refractivity contribution in [1.82, 2.24) is 15.1 Å². The van der Waals surface area contributed by atoms with Crippen LogP contribution < -0.4 is 0 Å². The minimum absolute atomic E-state index is 0.580. The van der Waals surface area contributed by atoms with Crippen molar-refractivity contribution in [2.45, 2.75) is 25.7 Å². The molecule has 0 aromatic carbocycles. The highest BCUT2D eigenvalue weighted by molar-refractivity contribution is 5.26. The molecule has 1 aliphatic heterocycles. The largest absolute Gasteiger partial charge is 0.306 e. The number of piperidine rings is 1. The second-order valence-corrected chi connectivity index (χ2v) is 5.03. The summed E-state index contributed by atoms with van der Waals surface area (Å²) in [6, 6.07) is 0. The third-order valence-electron chi connectivity index (χ3n) is 3.97. The monoisotopic (exact) mass is 191 g/mol. The number of aromatic nitrogens is 2. The van der Waals surface area contributed by atoms with Crippen LogP contribution in [0.25, 0.3) is 0 Å². The predicted molar refractivity (Wildman–Crippen MR) is 55.2 cm³/mol. The van der Waals surface area contributed by atoms with Crippen molar-refractivity contribution in [3.05, 3.63) is 17.5 Å². The molecule has 0 amide bonds. The Labute approximate surface area is 84.5 Å². The molecule has 1 N–H and O–H groups in total. The van der Waals surface area contributed by atoms with Crippen LogP contribution in [0, 0.1) is 5.41 Å². The fourth-order valence-corrected chi connectivity index (χ4v) is 2.93. The molecule has 14 heavy (non-hydrogen) atoms. The molecule has 0 bridgehead atoms. The van der Waals surface area contributed by atoms with E-state index in [1.807, 2.05) is 6.20 Å². The molecule has 0 unspecified atom stereocenters. The van der Waals surface area contributed by atoms with Gasteiger partial charge in [-0.15, -0.1) is 0 Å². The minimum atomic E-state index is 0.580. The van der Waals surface area contributed by atoms with E-state index in [-0.39, 0.29) is 0 Å². The Morgan fingerprint density at radius 1 is 1.36 bits per heavy atom. The van der Waals surface area contributed by atoms with Gasteiger partial charge in [0.15, 0.2) is 0 Å². The maximum absolute atomic E-state index is 4.10. The van der Waals surface area contributed by atoms with Crippen LogP contribution in [0.1, 0.15) is 24.1 Å². The number of hydrogen-bond acceptors (Lipinski definition) is 2. The Balaban J connectivity index is 1.79. The number of nitrogens with one attached hydrogen (secondary N) is 1. The average Bonchev–Trinajstić information content (AvgIpc) is 2.69. The molecule has 3 heteroatoms. The Morgan fingerprint density at radius 2 is 2.14 bits per heavy atom. The fourth-order valence-electron chi connectivity index (χ4n) is 2.93. The third kappa shape index (κ3) is 1.19. The van der Waals surface area contributed by atoms with E-state index >= 15 is 0 Å². The van der Waals surface area contributed by atoms with Crippen LogP contribution in [-0.4, -0.2) is 35.2 Å². The smallest absolute Gasteiger partial charge is 0.0522 e. The van der Waals surface area contributed by atoms with Gasteiger partial charge >= 0.3 is 0 Å². The van der Waals surface area contributed by atoms with Gasteiger partial charge in [-0.25, -0.2) is 0 Å². The van der Waals surface area contributed by atoms with Crippen molar-refractivity contribution in [3.8, 4) is 0 Å². The molecule has 1 aromatic rings. The zero-order valence-electron chi connectivity index (χ0n) is 8.71. The van der Waals surface area contributed by atoms with Gasteiger partial charge < -0.3 is 4.90 Å². The predicted octanol–water partition coefficient (Wildman–Crippen LogP) is 1.22. The molecular weight excluding hydrogens is 174 g/mol. The van der Waals surface area contributed by atoms with Gasteiger partial charge in [0, 0.05) is 5.69 Å². The lowest BCUT2D eigenvalue weighted by molar-refractivity contribution is 0.130. The minimum Gasteiger partial charge on any atom is -0.306 e. The number of likely N-dealkylation sites (tertiary alicyclic amines) is 1. The first-order chi connectivity index (χ1) is 6.77. The molecule has 3 nitrogen and oxygen atoms in total. The molecular formula is C11H17N3. The van der Waals surface area contributed by atoms with Crippen LogP contribution >= 0.6 is 0 Å². The van der Waals surface area contributed by atoms with Crippen LogP contribution in [0.5, 0.6) is 0 Å². The molecule has 0 radical (unpaired) electrons. The quantitative estimate of drug-likeness (QED) is 0.668. The Morgan fingerprint density at radius 3 is 2.86 bits per heavy atom. The summed E-state index contributed by atoms with van der Waals surface area (Å²) in [6.07, 6.45) is 7.21. The van der Waals surface area contributed by atoms with Gasteiger partial charge in [-0.2, -0.15) is 5.10 Å². The van der Waals surface area contributed by atoms with Gasteiger partial charge in [-0.1, -0.05) is 0 Å². The topological polar surface area (TPSA) is 31.9 Å². The van der Waals surface area contributed by atoms with Crippen LogP contribution in [0.2, 0.25) is 0 Å². The Bertz CT molecular complexity index is 312. The van der Waals surface area contributed by atoms with Gasteiger partial charge in [0.25, 0.3) is 0 Å². The van der Waals surface area contributed by atoms with Crippen molar-refractivity contribution in [2.24, 2.45) is 5.41 Å². The lowest BCUT2D eigenvalue weighted by atomic mass is 9.76. The summed E-state index contributed by atoms with van der Waals surface area (Å²) in [6.45, 7) is 2.52. The first-order valence-electron chi connectivity index (χ1n) is 5.47. The van der Waals surface area contributed by atoms with Crippen molar-refractivity contribution in [1.29, 1.82) is 0 Å². The van der Waals surface area contributed by atoms with E-state index in [1.54, 1.807) is 0 Å². The number of fused-ring (bicyclic) bond motifs is 1. The molecule has 3 rings (SSSR count). The molecule has 2 heterocycles. The second kappa shape index (κ2) is 2.83. The standard InChI is InChI=1S/C11H17N3/c1-14-4-2-11(3-5-14)6-9-8-12-13-10(9)7-11/h8H,2-7H2,1H3,(H,12,13). The second-order valence-electron chi connectivity index (χ2n) is 5.03. The van der Waals surface area contributed by atoms with E-state index in [2.05, 4.69) is 22.1 Å². The zero-order valence-corrected chi connectivity index (χ0v) is 8.71. The first-order valence-corrected chi connectivity index (χ1v) is 5.47. The average molecular weight is 191 g/mol. The SMILES string of the molecule is CN1CCC2(CC1)Cc1cn[nH]c1C2. The molecule has 1 fully saturated rings. The van der Waals surface area contributed by atoms with E-state index < -0.39 is 0 Å². The van der Waals surface area contributed by atoms with Crippen LogP contribution in [0.3, 0.4) is 0 Å². The molecule has 2 aliphatic rings. The summed E-state index contributed by atoms with van der Waals surface area (Å²) in [5.41, 5.74) is 3.44. The fraction of sp³-hybridized carbons (Fsp3) is 0.727. The van der Waals surface area contributed by atoms with E-state index in [4.69, 9.17) is 0 Å². The van der Waals surface area contributed by atoms with E-state index in [0.717, 1.165) is 0 Å². The van der Waals surface area contributed by atoms with E-state index in [9.17, 15) is 0 Å². The summed E-state index contributed by atoms with van der Waals surface area (Å²) in [4.78, 5) is 2.44. The molecule has 1 spiro atoms. The summed E-state index contributed by atoms with van der Waals surface area (Å²) >= 11 is 0. The molecule has 76 valence electrons. The molecule has 1 aromatic heterocycles. The van der Waals surface area contributed by atoms with Crippen molar-refractivity contribution in [2.75, 3.05) is 20.1 Å². The van der Waals surface area contributed by atoms with E-state index in [1.165, 1.54) is 50.0 Å². The normalized spacial score (nSPS) is 25.5. The van der Waals surface area contributed by atoms with Gasteiger partial charge in [-0.3, -0.25) is 5.10 Å². The maximum atomic E-state index is 4.10. The van der Waals surface area contributed by atoms with Crippen LogP contribution in [0.15, 0.2) is 6.20 Å². The molecule has 0 atom stereocenters. The molecule has 1 aliphatic carbocycles. The number of aromatic amines is 1. The van der Waals surface area contributed by atoms with Gasteiger partial charge in [0.1, 0.15) is 0 Å². The van der Waals surface area contributed by atoms with Gasteiger partial charge in [0.05, 0.1) is 6.20 Å². The lowest BCUT2D eigenvalue weighted by Crippen LogP contribution is -2.38. The molecule has 1 saturated heterocycles. The van der Waals surface area contributed by atoms with Gasteiger partial charge in [0.2, 0.25) is 0 Å². The van der Waals surface area contributed by atoms with Crippen LogP contribution in [-0.2, 0) is 12.8 Å². The number of nitrogens with zero attached hydrogens (tertiary/aromatic N) is 2. The van der Waals surface area contributed by atoms with E-state index in [0.29, 0.717) is 5.41 Å². The van der Waals surface area contributed by atoms with Crippen molar-refractivity contribution < 1.29 is 0 Å². The summed E-state index contributed by atoms with van der Waals surface area (Å²) in [5.74, 6) is 0. The zero-order chi connectivity index (χ0) is 9.60. The Kier molecular flexibility index (Phi) is 1.71. The first kappa shape index (κ1) is 8.48. The summed E-state index contributed by atoms with van der Waals surface area (Å²) in [5, 5.41) is 7.24. The van der Waals surface area contributed by atoms with Crippen LogP contribution in [0.4, 0.5) is 0 Å².